The molecule has 0 spiro atoms. The molecule has 2 rings (SSSR count). The standard InChI is InChI=1S/C15H15BrN2O/c16-12-8-4-5-9-13(12)18-14(15(17)19)10-11-6-2-1-3-7-11/h1-9,14,18H,10H2,(H2,17,19)/t14-/m0/s1. The van der Waals surface area contributed by atoms with E-state index >= 15 is 0 Å². The second-order valence-corrected chi connectivity index (χ2v) is 5.12. The van der Waals surface area contributed by atoms with E-state index in [0.717, 1.165) is 15.7 Å². The van der Waals surface area contributed by atoms with E-state index in [-0.39, 0.29) is 5.91 Å². The van der Waals surface area contributed by atoms with Gasteiger partial charge in [0.2, 0.25) is 5.91 Å². The Bertz CT molecular complexity index is 557. The molecule has 0 saturated heterocycles. The Labute approximate surface area is 121 Å². The smallest absolute Gasteiger partial charge is 0.240 e. The SMILES string of the molecule is NC(=O)[C@H](Cc1ccccc1)Nc1ccccc1Br. The van der Waals surface area contributed by atoms with Crippen molar-refractivity contribution in [2.24, 2.45) is 5.73 Å². The first-order valence-corrected chi connectivity index (χ1v) is 6.80. The molecule has 1 atom stereocenters. The van der Waals surface area contributed by atoms with Crippen LogP contribution in [0, 0.1) is 0 Å². The topological polar surface area (TPSA) is 55.1 Å². The highest BCUT2D eigenvalue weighted by Crippen LogP contribution is 2.22. The number of carbonyl (C=O) groups excluding carboxylic acids is 1. The van der Waals surface area contributed by atoms with Crippen LogP contribution >= 0.6 is 15.9 Å². The number of hydrogen-bond acceptors (Lipinski definition) is 2. The Balaban J connectivity index is 2.13. The fourth-order valence-electron chi connectivity index (χ4n) is 1.84. The van der Waals surface area contributed by atoms with Crippen molar-refractivity contribution >= 4 is 27.5 Å². The van der Waals surface area contributed by atoms with Gasteiger partial charge in [0.1, 0.15) is 6.04 Å². The molecule has 0 aliphatic rings. The average molecular weight is 319 g/mol. The summed E-state index contributed by atoms with van der Waals surface area (Å²) in [7, 11) is 0. The van der Waals surface area contributed by atoms with Crippen LogP contribution < -0.4 is 11.1 Å². The molecule has 1 amide bonds. The van der Waals surface area contributed by atoms with Crippen LogP contribution in [0.2, 0.25) is 0 Å². The van der Waals surface area contributed by atoms with Gasteiger partial charge in [-0.2, -0.15) is 0 Å². The van der Waals surface area contributed by atoms with E-state index in [1.807, 2.05) is 54.6 Å². The van der Waals surface area contributed by atoms with Gasteiger partial charge in [-0.05, 0) is 33.6 Å². The predicted molar refractivity (Wildman–Crippen MR) is 80.9 cm³/mol. The molecule has 0 radical (unpaired) electrons. The second-order valence-electron chi connectivity index (χ2n) is 4.27. The van der Waals surface area contributed by atoms with Gasteiger partial charge in [-0.3, -0.25) is 4.79 Å². The summed E-state index contributed by atoms with van der Waals surface area (Å²) in [6, 6.07) is 17.0. The zero-order valence-corrected chi connectivity index (χ0v) is 11.9. The first-order chi connectivity index (χ1) is 9.16. The minimum atomic E-state index is -0.430. The van der Waals surface area contributed by atoms with Crippen molar-refractivity contribution in [1.29, 1.82) is 0 Å². The number of anilines is 1. The summed E-state index contributed by atoms with van der Waals surface area (Å²) in [6.45, 7) is 0. The Morgan fingerprint density at radius 1 is 1.11 bits per heavy atom. The summed E-state index contributed by atoms with van der Waals surface area (Å²) < 4.78 is 0.911. The summed E-state index contributed by atoms with van der Waals surface area (Å²) in [5.74, 6) is -0.361. The number of amides is 1. The highest BCUT2D eigenvalue weighted by Gasteiger charge is 2.16. The molecule has 0 bridgehead atoms. The van der Waals surface area contributed by atoms with Crippen LogP contribution in [0.3, 0.4) is 0 Å². The first-order valence-electron chi connectivity index (χ1n) is 6.01. The third kappa shape index (κ3) is 3.83. The maximum absolute atomic E-state index is 11.6. The molecule has 0 aromatic heterocycles. The van der Waals surface area contributed by atoms with E-state index in [9.17, 15) is 4.79 Å². The number of primary amides is 1. The molecule has 0 heterocycles. The number of halogens is 1. The number of benzene rings is 2. The Hall–Kier alpha value is -1.81. The summed E-state index contributed by atoms with van der Waals surface area (Å²) >= 11 is 3.44. The van der Waals surface area contributed by atoms with Gasteiger partial charge < -0.3 is 11.1 Å². The molecule has 98 valence electrons. The molecule has 3 nitrogen and oxygen atoms in total. The molecular weight excluding hydrogens is 304 g/mol. The van der Waals surface area contributed by atoms with Gasteiger partial charge in [0.05, 0.1) is 0 Å². The van der Waals surface area contributed by atoms with Gasteiger partial charge in [-0.1, -0.05) is 42.5 Å². The molecule has 0 unspecified atom stereocenters. The lowest BCUT2D eigenvalue weighted by Gasteiger charge is -2.17. The van der Waals surface area contributed by atoms with Crippen molar-refractivity contribution in [1.82, 2.24) is 0 Å². The molecule has 0 fully saturated rings. The molecule has 3 N–H and O–H groups in total. The van der Waals surface area contributed by atoms with Crippen LogP contribution in [0.15, 0.2) is 59.1 Å². The van der Waals surface area contributed by atoms with Crippen LogP contribution in [0.5, 0.6) is 0 Å². The van der Waals surface area contributed by atoms with Crippen LogP contribution in [0.4, 0.5) is 5.69 Å². The zero-order chi connectivity index (χ0) is 13.7. The number of rotatable bonds is 5. The van der Waals surface area contributed by atoms with Gasteiger partial charge in [0, 0.05) is 16.6 Å². The maximum atomic E-state index is 11.6. The third-order valence-corrected chi connectivity index (χ3v) is 3.52. The Morgan fingerprint density at radius 2 is 1.74 bits per heavy atom. The number of hydrogen-bond donors (Lipinski definition) is 2. The molecule has 0 saturated carbocycles. The Morgan fingerprint density at radius 3 is 2.37 bits per heavy atom. The minimum absolute atomic E-state index is 0.361. The third-order valence-electron chi connectivity index (χ3n) is 2.83. The fourth-order valence-corrected chi connectivity index (χ4v) is 2.24. The number of nitrogens with one attached hydrogen (secondary N) is 1. The van der Waals surface area contributed by atoms with E-state index in [2.05, 4.69) is 21.2 Å². The van der Waals surface area contributed by atoms with Crippen molar-refractivity contribution in [2.45, 2.75) is 12.5 Å². The van der Waals surface area contributed by atoms with Crippen LogP contribution in [-0.2, 0) is 11.2 Å². The van der Waals surface area contributed by atoms with E-state index in [4.69, 9.17) is 5.73 Å². The fraction of sp³-hybridized carbons (Fsp3) is 0.133. The number of para-hydroxylation sites is 1. The van der Waals surface area contributed by atoms with Crippen LogP contribution in [-0.4, -0.2) is 11.9 Å². The quantitative estimate of drug-likeness (QED) is 0.890. The predicted octanol–water partition coefficient (Wildman–Crippen LogP) is 2.96. The van der Waals surface area contributed by atoms with E-state index < -0.39 is 6.04 Å². The largest absolute Gasteiger partial charge is 0.373 e. The molecule has 0 aliphatic carbocycles. The molecule has 19 heavy (non-hydrogen) atoms. The average Bonchev–Trinajstić information content (AvgIpc) is 2.41. The zero-order valence-electron chi connectivity index (χ0n) is 10.3. The lowest BCUT2D eigenvalue weighted by atomic mass is 10.1. The van der Waals surface area contributed by atoms with Crippen molar-refractivity contribution < 1.29 is 4.79 Å². The van der Waals surface area contributed by atoms with Crippen molar-refractivity contribution in [3.8, 4) is 0 Å². The van der Waals surface area contributed by atoms with Gasteiger partial charge in [-0.15, -0.1) is 0 Å². The number of nitrogens with two attached hydrogens (primary N) is 1. The lowest BCUT2D eigenvalue weighted by Crippen LogP contribution is -2.37. The normalized spacial score (nSPS) is 11.8. The minimum Gasteiger partial charge on any atom is -0.373 e. The molecular formula is C15H15BrN2O. The highest BCUT2D eigenvalue weighted by atomic mass is 79.9. The molecule has 0 aliphatic heterocycles. The van der Waals surface area contributed by atoms with Gasteiger partial charge in [-0.25, -0.2) is 0 Å². The number of carbonyl (C=O) groups is 1. The van der Waals surface area contributed by atoms with Gasteiger partial charge in [0.25, 0.3) is 0 Å². The van der Waals surface area contributed by atoms with Crippen LogP contribution in [0.1, 0.15) is 5.56 Å². The van der Waals surface area contributed by atoms with Gasteiger partial charge >= 0.3 is 0 Å². The monoisotopic (exact) mass is 318 g/mol. The Kier molecular flexibility index (Phi) is 4.58. The van der Waals surface area contributed by atoms with Crippen LogP contribution in [0.25, 0.3) is 0 Å². The molecule has 2 aromatic carbocycles. The van der Waals surface area contributed by atoms with E-state index in [1.165, 1.54) is 0 Å². The second kappa shape index (κ2) is 6.38. The maximum Gasteiger partial charge on any atom is 0.240 e. The van der Waals surface area contributed by atoms with Crippen molar-refractivity contribution in [3.05, 3.63) is 64.6 Å². The van der Waals surface area contributed by atoms with Crippen molar-refractivity contribution in [2.75, 3.05) is 5.32 Å². The lowest BCUT2D eigenvalue weighted by molar-refractivity contribution is -0.118. The summed E-state index contributed by atoms with van der Waals surface area (Å²) in [5.41, 5.74) is 7.40. The summed E-state index contributed by atoms with van der Waals surface area (Å²) in [4.78, 5) is 11.6. The first kappa shape index (κ1) is 13.6. The van der Waals surface area contributed by atoms with E-state index in [0.29, 0.717) is 6.42 Å². The summed E-state index contributed by atoms with van der Waals surface area (Å²) in [6.07, 6.45) is 0.567. The summed E-state index contributed by atoms with van der Waals surface area (Å²) in [5, 5.41) is 3.17. The molecule has 2 aromatic rings. The highest BCUT2D eigenvalue weighted by molar-refractivity contribution is 9.10. The van der Waals surface area contributed by atoms with Gasteiger partial charge in [0.15, 0.2) is 0 Å². The van der Waals surface area contributed by atoms with E-state index in [1.54, 1.807) is 0 Å². The molecule has 4 heteroatoms. The van der Waals surface area contributed by atoms with Crippen molar-refractivity contribution in [3.63, 3.8) is 0 Å².